The Balaban J connectivity index is 1.68. The SMILES string of the molecule is CN(Cc1ccc(F)cc1F)Cc1c(-c2ccccc2)nc2ccccn12. The van der Waals surface area contributed by atoms with Gasteiger partial charge in [-0.1, -0.05) is 42.5 Å². The maximum absolute atomic E-state index is 14.0. The maximum Gasteiger partial charge on any atom is 0.137 e. The Kier molecular flexibility index (Phi) is 4.69. The number of halogens is 2. The Morgan fingerprint density at radius 3 is 2.48 bits per heavy atom. The average molecular weight is 363 g/mol. The molecule has 0 aliphatic carbocycles. The topological polar surface area (TPSA) is 20.5 Å². The minimum absolute atomic E-state index is 0.375. The first-order chi connectivity index (χ1) is 13.1. The van der Waals surface area contributed by atoms with Crippen molar-refractivity contribution in [2.45, 2.75) is 13.1 Å². The molecule has 0 aliphatic rings. The van der Waals surface area contributed by atoms with E-state index in [9.17, 15) is 8.78 Å². The Morgan fingerprint density at radius 1 is 0.926 bits per heavy atom. The van der Waals surface area contributed by atoms with E-state index >= 15 is 0 Å². The second kappa shape index (κ2) is 7.29. The molecule has 0 N–H and O–H groups in total. The Bertz CT molecular complexity index is 1070. The highest BCUT2D eigenvalue weighted by Gasteiger charge is 2.16. The summed E-state index contributed by atoms with van der Waals surface area (Å²) in [5, 5.41) is 0. The fourth-order valence-electron chi connectivity index (χ4n) is 3.28. The van der Waals surface area contributed by atoms with E-state index in [2.05, 4.69) is 4.40 Å². The molecule has 0 spiro atoms. The van der Waals surface area contributed by atoms with E-state index in [1.54, 1.807) is 0 Å². The van der Waals surface area contributed by atoms with E-state index in [0.717, 1.165) is 28.7 Å². The van der Waals surface area contributed by atoms with Crippen LogP contribution in [0.2, 0.25) is 0 Å². The second-order valence-corrected chi connectivity index (χ2v) is 6.61. The predicted octanol–water partition coefficient (Wildman–Crippen LogP) is 4.91. The number of benzene rings is 2. The van der Waals surface area contributed by atoms with Crippen molar-refractivity contribution in [2.75, 3.05) is 7.05 Å². The fraction of sp³-hybridized carbons (Fsp3) is 0.136. The van der Waals surface area contributed by atoms with E-state index in [1.807, 2.05) is 66.7 Å². The van der Waals surface area contributed by atoms with Crippen molar-refractivity contribution in [1.82, 2.24) is 14.3 Å². The molecule has 2 aromatic heterocycles. The number of rotatable bonds is 5. The standard InChI is InChI=1S/C22H19F2N3/c1-26(14-17-10-11-18(23)13-19(17)24)15-20-22(16-7-3-2-4-8-16)25-21-9-5-6-12-27(20)21/h2-13H,14-15H2,1H3. The van der Waals surface area contributed by atoms with E-state index < -0.39 is 11.6 Å². The van der Waals surface area contributed by atoms with E-state index in [1.165, 1.54) is 12.1 Å². The van der Waals surface area contributed by atoms with E-state index in [-0.39, 0.29) is 0 Å². The Morgan fingerprint density at radius 2 is 1.70 bits per heavy atom. The molecule has 136 valence electrons. The maximum atomic E-state index is 14.0. The zero-order chi connectivity index (χ0) is 18.8. The third kappa shape index (κ3) is 3.59. The van der Waals surface area contributed by atoms with Gasteiger partial charge in [0.15, 0.2) is 0 Å². The first kappa shape index (κ1) is 17.4. The third-order valence-electron chi connectivity index (χ3n) is 4.55. The zero-order valence-corrected chi connectivity index (χ0v) is 14.9. The largest absolute Gasteiger partial charge is 0.302 e. The minimum Gasteiger partial charge on any atom is -0.302 e. The Hall–Kier alpha value is -3.05. The lowest BCUT2D eigenvalue weighted by Gasteiger charge is -2.18. The Labute approximate surface area is 156 Å². The number of aromatic nitrogens is 2. The van der Waals surface area contributed by atoms with Crippen molar-refractivity contribution in [3.63, 3.8) is 0 Å². The summed E-state index contributed by atoms with van der Waals surface area (Å²) in [7, 11) is 1.92. The van der Waals surface area contributed by atoms with Gasteiger partial charge in [-0.25, -0.2) is 13.8 Å². The summed E-state index contributed by atoms with van der Waals surface area (Å²) >= 11 is 0. The molecule has 0 aliphatic heterocycles. The summed E-state index contributed by atoms with van der Waals surface area (Å²) in [4.78, 5) is 6.78. The molecule has 0 fully saturated rings. The molecule has 5 heteroatoms. The number of nitrogens with zero attached hydrogens (tertiary/aromatic N) is 3. The fourth-order valence-corrected chi connectivity index (χ4v) is 3.28. The second-order valence-electron chi connectivity index (χ2n) is 6.61. The van der Waals surface area contributed by atoms with Crippen LogP contribution in [0.4, 0.5) is 8.78 Å². The van der Waals surface area contributed by atoms with Crippen molar-refractivity contribution in [3.8, 4) is 11.3 Å². The highest BCUT2D eigenvalue weighted by Crippen LogP contribution is 2.26. The molecule has 0 radical (unpaired) electrons. The van der Waals surface area contributed by atoms with Gasteiger partial charge in [0, 0.05) is 36.5 Å². The van der Waals surface area contributed by atoms with Crippen LogP contribution >= 0.6 is 0 Å². The van der Waals surface area contributed by atoms with Crippen LogP contribution in [0.5, 0.6) is 0 Å². The van der Waals surface area contributed by atoms with Crippen molar-refractivity contribution in [2.24, 2.45) is 0 Å². The van der Waals surface area contributed by atoms with Crippen molar-refractivity contribution >= 4 is 5.65 Å². The summed E-state index contributed by atoms with van der Waals surface area (Å²) in [5.41, 5.74) is 4.31. The molecule has 2 heterocycles. The van der Waals surface area contributed by atoms with E-state index in [4.69, 9.17) is 4.98 Å². The highest BCUT2D eigenvalue weighted by molar-refractivity contribution is 5.66. The summed E-state index contributed by atoms with van der Waals surface area (Å²) in [6.07, 6.45) is 1.98. The van der Waals surface area contributed by atoms with Gasteiger partial charge >= 0.3 is 0 Å². The van der Waals surface area contributed by atoms with Crippen LogP contribution in [-0.2, 0) is 13.1 Å². The van der Waals surface area contributed by atoms with E-state index in [0.29, 0.717) is 18.7 Å². The summed E-state index contributed by atoms with van der Waals surface area (Å²) in [6.45, 7) is 0.951. The zero-order valence-electron chi connectivity index (χ0n) is 14.9. The summed E-state index contributed by atoms with van der Waals surface area (Å²) in [5.74, 6) is -1.09. The van der Waals surface area contributed by atoms with Gasteiger partial charge in [-0.3, -0.25) is 4.90 Å². The monoisotopic (exact) mass is 363 g/mol. The molecule has 4 aromatic rings. The number of fused-ring (bicyclic) bond motifs is 1. The lowest BCUT2D eigenvalue weighted by atomic mass is 10.1. The normalized spacial score (nSPS) is 11.4. The van der Waals surface area contributed by atoms with Gasteiger partial charge in [0.1, 0.15) is 17.3 Å². The molecular formula is C22H19F2N3. The third-order valence-corrected chi connectivity index (χ3v) is 4.55. The van der Waals surface area contributed by atoms with Crippen LogP contribution in [0, 0.1) is 11.6 Å². The molecule has 0 saturated heterocycles. The average Bonchev–Trinajstić information content (AvgIpc) is 3.03. The van der Waals surface area contributed by atoms with Gasteiger partial charge in [0.25, 0.3) is 0 Å². The van der Waals surface area contributed by atoms with Gasteiger partial charge < -0.3 is 4.40 Å². The lowest BCUT2D eigenvalue weighted by molar-refractivity contribution is 0.309. The van der Waals surface area contributed by atoms with Crippen LogP contribution in [0.15, 0.2) is 72.9 Å². The van der Waals surface area contributed by atoms with Crippen molar-refractivity contribution < 1.29 is 8.78 Å². The first-order valence-electron chi connectivity index (χ1n) is 8.75. The molecule has 0 saturated carbocycles. The molecule has 4 rings (SSSR count). The highest BCUT2D eigenvalue weighted by atomic mass is 19.1. The van der Waals surface area contributed by atoms with Crippen LogP contribution in [-0.4, -0.2) is 21.3 Å². The van der Waals surface area contributed by atoms with Crippen LogP contribution in [0.25, 0.3) is 16.9 Å². The quantitative estimate of drug-likeness (QED) is 0.502. The van der Waals surface area contributed by atoms with Crippen molar-refractivity contribution in [3.05, 3.63) is 95.8 Å². The van der Waals surface area contributed by atoms with Crippen LogP contribution in [0.1, 0.15) is 11.3 Å². The molecule has 27 heavy (non-hydrogen) atoms. The lowest BCUT2D eigenvalue weighted by Crippen LogP contribution is -2.19. The first-order valence-corrected chi connectivity index (χ1v) is 8.75. The summed E-state index contributed by atoms with van der Waals surface area (Å²) in [6, 6.07) is 19.6. The summed E-state index contributed by atoms with van der Waals surface area (Å²) < 4.78 is 29.2. The smallest absolute Gasteiger partial charge is 0.137 e. The molecule has 2 aromatic carbocycles. The number of pyridine rings is 1. The number of hydrogen-bond donors (Lipinski definition) is 0. The van der Waals surface area contributed by atoms with Gasteiger partial charge in [0.2, 0.25) is 0 Å². The van der Waals surface area contributed by atoms with Crippen molar-refractivity contribution in [1.29, 1.82) is 0 Å². The van der Waals surface area contributed by atoms with Gasteiger partial charge in [-0.15, -0.1) is 0 Å². The van der Waals surface area contributed by atoms with Crippen LogP contribution in [0.3, 0.4) is 0 Å². The molecule has 3 nitrogen and oxygen atoms in total. The number of imidazole rings is 1. The van der Waals surface area contributed by atoms with Gasteiger partial charge in [-0.2, -0.15) is 0 Å². The number of hydrogen-bond acceptors (Lipinski definition) is 2. The predicted molar refractivity (Wildman–Crippen MR) is 102 cm³/mol. The molecular weight excluding hydrogens is 344 g/mol. The molecule has 0 atom stereocenters. The van der Waals surface area contributed by atoms with Crippen LogP contribution < -0.4 is 0 Å². The van der Waals surface area contributed by atoms with Gasteiger partial charge in [0.05, 0.1) is 11.4 Å². The minimum atomic E-state index is -0.563. The molecule has 0 unspecified atom stereocenters. The molecule has 0 amide bonds. The molecule has 0 bridgehead atoms. The van der Waals surface area contributed by atoms with Gasteiger partial charge in [-0.05, 0) is 25.2 Å².